The number of carboxylic acids is 1. The zero-order valence-corrected chi connectivity index (χ0v) is 15.3. The Balaban J connectivity index is 1.99. The number of nitrogens with one attached hydrogen (secondary N) is 1. The standard InChI is InChI=1S/C18H21ClN2O5/c1-11(2)7-12(18(22)23)9-20-10-14-4-6-17(26-14)15-5-3-13(21(24)25)8-16(15)19/h3-6,8,11-12,20H,7,9-10H2,1-2H3,(H,22,23). The number of benzene rings is 1. The Bertz CT molecular complexity index is 788. The van der Waals surface area contributed by atoms with Crippen LogP contribution in [0, 0.1) is 22.0 Å². The van der Waals surface area contributed by atoms with Gasteiger partial charge in [-0.25, -0.2) is 0 Å². The highest BCUT2D eigenvalue weighted by molar-refractivity contribution is 6.33. The van der Waals surface area contributed by atoms with Gasteiger partial charge in [-0.3, -0.25) is 14.9 Å². The molecule has 0 amide bonds. The van der Waals surface area contributed by atoms with Crippen LogP contribution in [0.25, 0.3) is 11.3 Å². The number of furan rings is 1. The van der Waals surface area contributed by atoms with Crippen molar-refractivity contribution < 1.29 is 19.2 Å². The average molecular weight is 381 g/mol. The van der Waals surface area contributed by atoms with Crippen LogP contribution in [0.4, 0.5) is 5.69 Å². The molecule has 140 valence electrons. The van der Waals surface area contributed by atoms with E-state index >= 15 is 0 Å². The van der Waals surface area contributed by atoms with Gasteiger partial charge in [0.2, 0.25) is 0 Å². The molecule has 2 rings (SSSR count). The van der Waals surface area contributed by atoms with Crippen molar-refractivity contribution in [2.45, 2.75) is 26.8 Å². The second kappa shape index (κ2) is 8.82. The average Bonchev–Trinajstić information content (AvgIpc) is 3.01. The van der Waals surface area contributed by atoms with Crippen LogP contribution in [0.2, 0.25) is 5.02 Å². The number of nitro benzene ring substituents is 1. The molecule has 1 unspecified atom stereocenters. The Labute approximate surface area is 156 Å². The lowest BCUT2D eigenvalue weighted by Crippen LogP contribution is -2.29. The largest absolute Gasteiger partial charge is 0.481 e. The van der Waals surface area contributed by atoms with Crippen LogP contribution in [0.15, 0.2) is 34.7 Å². The summed E-state index contributed by atoms with van der Waals surface area (Å²) in [7, 11) is 0. The third-order valence-electron chi connectivity index (χ3n) is 3.89. The third-order valence-corrected chi connectivity index (χ3v) is 4.20. The van der Waals surface area contributed by atoms with E-state index in [1.165, 1.54) is 12.1 Å². The fourth-order valence-corrected chi connectivity index (χ4v) is 2.91. The van der Waals surface area contributed by atoms with Crippen molar-refractivity contribution in [1.29, 1.82) is 0 Å². The minimum atomic E-state index is -0.816. The molecule has 1 aromatic heterocycles. The Kier molecular flexibility index (Phi) is 6.76. The molecule has 0 radical (unpaired) electrons. The summed E-state index contributed by atoms with van der Waals surface area (Å²) in [6.45, 7) is 4.71. The SMILES string of the molecule is CC(C)CC(CNCc1ccc(-c2ccc([N+](=O)[O-])cc2Cl)o1)C(=O)O. The quantitative estimate of drug-likeness (QED) is 0.495. The molecule has 1 heterocycles. The van der Waals surface area contributed by atoms with Gasteiger partial charge in [-0.2, -0.15) is 0 Å². The Morgan fingerprint density at radius 3 is 2.65 bits per heavy atom. The van der Waals surface area contributed by atoms with Crippen LogP contribution < -0.4 is 5.32 Å². The number of aliphatic carboxylic acids is 1. The number of nitrogens with zero attached hydrogens (tertiary/aromatic N) is 1. The van der Waals surface area contributed by atoms with E-state index in [1.807, 2.05) is 13.8 Å². The summed E-state index contributed by atoms with van der Waals surface area (Å²) in [5.74, 6) is 0.164. The number of hydrogen-bond donors (Lipinski definition) is 2. The first-order valence-corrected chi connectivity index (χ1v) is 8.62. The molecule has 0 aliphatic rings. The van der Waals surface area contributed by atoms with Gasteiger partial charge < -0.3 is 14.8 Å². The summed E-state index contributed by atoms with van der Waals surface area (Å²) in [6, 6.07) is 7.68. The van der Waals surface area contributed by atoms with E-state index in [1.54, 1.807) is 18.2 Å². The second-order valence-electron chi connectivity index (χ2n) is 6.48. The van der Waals surface area contributed by atoms with Crippen molar-refractivity contribution in [1.82, 2.24) is 5.32 Å². The first-order valence-electron chi connectivity index (χ1n) is 8.24. The van der Waals surface area contributed by atoms with E-state index < -0.39 is 16.8 Å². The summed E-state index contributed by atoms with van der Waals surface area (Å²) in [5.41, 5.74) is 0.476. The van der Waals surface area contributed by atoms with Crippen molar-refractivity contribution in [2.75, 3.05) is 6.54 Å². The highest BCUT2D eigenvalue weighted by Crippen LogP contribution is 2.32. The fourth-order valence-electron chi connectivity index (χ4n) is 2.65. The monoisotopic (exact) mass is 380 g/mol. The van der Waals surface area contributed by atoms with Gasteiger partial charge in [-0.1, -0.05) is 25.4 Å². The maximum atomic E-state index is 11.3. The summed E-state index contributed by atoms with van der Waals surface area (Å²) in [5, 5.41) is 23.3. The molecular formula is C18H21ClN2O5. The van der Waals surface area contributed by atoms with Crippen LogP contribution in [0.3, 0.4) is 0 Å². The summed E-state index contributed by atoms with van der Waals surface area (Å²) < 4.78 is 5.71. The number of hydrogen-bond acceptors (Lipinski definition) is 5. The summed E-state index contributed by atoms with van der Waals surface area (Å²) in [4.78, 5) is 21.5. The molecule has 0 aliphatic heterocycles. The van der Waals surface area contributed by atoms with Crippen molar-refractivity contribution in [3.05, 3.63) is 51.2 Å². The number of carbonyl (C=O) groups is 1. The molecular weight excluding hydrogens is 360 g/mol. The van der Waals surface area contributed by atoms with Gasteiger partial charge in [-0.15, -0.1) is 0 Å². The van der Waals surface area contributed by atoms with Crippen LogP contribution >= 0.6 is 11.6 Å². The van der Waals surface area contributed by atoms with E-state index in [-0.39, 0.29) is 10.7 Å². The topological polar surface area (TPSA) is 106 Å². The minimum absolute atomic E-state index is 0.0861. The van der Waals surface area contributed by atoms with Gasteiger partial charge in [0.1, 0.15) is 11.5 Å². The van der Waals surface area contributed by atoms with Crippen molar-refractivity contribution in [3.8, 4) is 11.3 Å². The van der Waals surface area contributed by atoms with Crippen molar-refractivity contribution in [3.63, 3.8) is 0 Å². The first-order chi connectivity index (χ1) is 12.3. The molecule has 2 aromatic rings. The third kappa shape index (κ3) is 5.31. The molecule has 0 spiro atoms. The summed E-state index contributed by atoms with van der Waals surface area (Å²) >= 11 is 6.10. The predicted octanol–water partition coefficient (Wildman–Crippen LogP) is 4.34. The van der Waals surface area contributed by atoms with Crippen LogP contribution in [0.5, 0.6) is 0 Å². The van der Waals surface area contributed by atoms with Crippen LogP contribution in [-0.2, 0) is 11.3 Å². The van der Waals surface area contributed by atoms with Gasteiger partial charge in [0.25, 0.3) is 5.69 Å². The Morgan fingerprint density at radius 1 is 1.35 bits per heavy atom. The molecule has 8 heteroatoms. The predicted molar refractivity (Wildman–Crippen MR) is 98.1 cm³/mol. The van der Waals surface area contributed by atoms with Gasteiger partial charge in [-0.05, 0) is 30.5 Å². The van der Waals surface area contributed by atoms with E-state index in [2.05, 4.69) is 5.32 Å². The minimum Gasteiger partial charge on any atom is -0.481 e. The molecule has 0 aliphatic carbocycles. The maximum Gasteiger partial charge on any atom is 0.307 e. The van der Waals surface area contributed by atoms with E-state index in [0.29, 0.717) is 42.5 Å². The summed E-state index contributed by atoms with van der Waals surface area (Å²) in [6.07, 6.45) is 0.601. The highest BCUT2D eigenvalue weighted by atomic mass is 35.5. The van der Waals surface area contributed by atoms with Gasteiger partial charge >= 0.3 is 5.97 Å². The molecule has 0 fully saturated rings. The highest BCUT2D eigenvalue weighted by Gasteiger charge is 2.19. The molecule has 0 saturated carbocycles. The lowest BCUT2D eigenvalue weighted by Gasteiger charge is -2.14. The maximum absolute atomic E-state index is 11.3. The molecule has 1 atom stereocenters. The first kappa shape index (κ1) is 19.9. The molecule has 0 bridgehead atoms. The Morgan fingerprint density at radius 2 is 2.08 bits per heavy atom. The smallest absolute Gasteiger partial charge is 0.307 e. The zero-order chi connectivity index (χ0) is 19.3. The van der Waals surface area contributed by atoms with Gasteiger partial charge in [0, 0.05) is 24.2 Å². The van der Waals surface area contributed by atoms with Crippen molar-refractivity contribution >= 4 is 23.3 Å². The fraction of sp³-hybridized carbons (Fsp3) is 0.389. The van der Waals surface area contributed by atoms with E-state index in [4.69, 9.17) is 16.0 Å². The van der Waals surface area contributed by atoms with E-state index in [9.17, 15) is 20.0 Å². The number of rotatable bonds is 9. The van der Waals surface area contributed by atoms with Crippen LogP contribution in [-0.4, -0.2) is 22.5 Å². The molecule has 26 heavy (non-hydrogen) atoms. The Hall–Kier alpha value is -2.38. The van der Waals surface area contributed by atoms with Crippen LogP contribution in [0.1, 0.15) is 26.0 Å². The van der Waals surface area contributed by atoms with Gasteiger partial charge in [0.05, 0.1) is 22.4 Å². The van der Waals surface area contributed by atoms with E-state index in [0.717, 1.165) is 0 Å². The van der Waals surface area contributed by atoms with Gasteiger partial charge in [0.15, 0.2) is 0 Å². The lowest BCUT2D eigenvalue weighted by molar-refractivity contribution is -0.384. The zero-order valence-electron chi connectivity index (χ0n) is 14.6. The number of carboxylic acid groups (broad SMARTS) is 1. The number of non-ortho nitro benzene ring substituents is 1. The van der Waals surface area contributed by atoms with Crippen molar-refractivity contribution in [2.24, 2.45) is 11.8 Å². The number of nitro groups is 1. The second-order valence-corrected chi connectivity index (χ2v) is 6.89. The molecule has 1 aromatic carbocycles. The lowest BCUT2D eigenvalue weighted by atomic mass is 9.97. The molecule has 0 saturated heterocycles. The normalized spacial score (nSPS) is 12.3. The molecule has 2 N–H and O–H groups in total. The number of halogens is 1. The molecule has 7 nitrogen and oxygen atoms in total.